The Labute approximate surface area is 86.8 Å². The molecule has 2 nitrogen and oxygen atoms in total. The molecule has 0 amide bonds. The van der Waals surface area contributed by atoms with Crippen LogP contribution in [0.4, 0.5) is 0 Å². The van der Waals surface area contributed by atoms with Gasteiger partial charge >= 0.3 is 0 Å². The van der Waals surface area contributed by atoms with Gasteiger partial charge in [0.2, 0.25) is 0 Å². The second-order valence-electron chi connectivity index (χ2n) is 4.19. The van der Waals surface area contributed by atoms with Crippen LogP contribution >= 0.6 is 0 Å². The van der Waals surface area contributed by atoms with Crippen LogP contribution in [0, 0.1) is 40.4 Å². The molecule has 0 fully saturated rings. The third-order valence-electron chi connectivity index (χ3n) is 2.16. The highest BCUT2D eigenvalue weighted by Gasteiger charge is 2.18. The monoisotopic (exact) mass is 190 g/mol. The van der Waals surface area contributed by atoms with Gasteiger partial charge in [0, 0.05) is 17.9 Å². The number of hydrogen-bond donors (Lipinski definition) is 0. The second-order valence-corrected chi connectivity index (χ2v) is 4.19. The van der Waals surface area contributed by atoms with Crippen LogP contribution < -0.4 is 0 Å². The van der Waals surface area contributed by atoms with Gasteiger partial charge in [0.15, 0.2) is 0 Å². The van der Waals surface area contributed by atoms with Crippen LogP contribution in [0.3, 0.4) is 0 Å². The van der Waals surface area contributed by atoms with Gasteiger partial charge in [-0.25, -0.2) is 0 Å². The van der Waals surface area contributed by atoms with Gasteiger partial charge in [0.05, 0.1) is 12.1 Å². The third-order valence-corrected chi connectivity index (χ3v) is 2.16. The molecule has 0 bridgehead atoms. The van der Waals surface area contributed by atoms with Crippen LogP contribution in [-0.2, 0) is 0 Å². The molecule has 2 heteroatoms. The van der Waals surface area contributed by atoms with Crippen molar-refractivity contribution >= 4 is 0 Å². The van der Waals surface area contributed by atoms with Gasteiger partial charge in [0.25, 0.3) is 0 Å². The highest BCUT2D eigenvalue weighted by molar-refractivity contribution is 5.25. The van der Waals surface area contributed by atoms with Crippen molar-refractivity contribution in [2.45, 2.75) is 34.1 Å². The fraction of sp³-hybridized carbons (Fsp3) is 0.667. The number of hydrogen-bond acceptors (Lipinski definition) is 2. The van der Waals surface area contributed by atoms with Gasteiger partial charge in [-0.2, -0.15) is 10.5 Å². The van der Waals surface area contributed by atoms with E-state index < -0.39 is 0 Å². The van der Waals surface area contributed by atoms with Crippen LogP contribution in [0.5, 0.6) is 0 Å². The lowest BCUT2D eigenvalue weighted by molar-refractivity contribution is 0.457. The van der Waals surface area contributed by atoms with Crippen molar-refractivity contribution in [1.82, 2.24) is 0 Å². The zero-order chi connectivity index (χ0) is 11.1. The minimum absolute atomic E-state index is 0.0902. The first-order chi connectivity index (χ1) is 6.52. The summed E-state index contributed by atoms with van der Waals surface area (Å²) in [5.41, 5.74) is 0.761. The summed E-state index contributed by atoms with van der Waals surface area (Å²) in [6.07, 6.45) is 2.39. The highest BCUT2D eigenvalue weighted by Crippen LogP contribution is 2.24. The van der Waals surface area contributed by atoms with E-state index in [0.717, 1.165) is 5.57 Å². The summed E-state index contributed by atoms with van der Waals surface area (Å²) in [4.78, 5) is 0. The molecule has 1 unspecified atom stereocenters. The summed E-state index contributed by atoms with van der Waals surface area (Å²) >= 11 is 0. The molecule has 14 heavy (non-hydrogen) atoms. The lowest BCUT2D eigenvalue weighted by Gasteiger charge is -2.17. The van der Waals surface area contributed by atoms with E-state index in [1.54, 1.807) is 0 Å². The van der Waals surface area contributed by atoms with E-state index in [1.807, 2.05) is 33.8 Å². The minimum atomic E-state index is 0.0902. The Balaban J connectivity index is 4.80. The van der Waals surface area contributed by atoms with Gasteiger partial charge in [0.1, 0.15) is 0 Å². The third kappa shape index (κ3) is 4.10. The number of rotatable bonds is 4. The standard InChI is InChI=1S/C12H18N2/c1-9(2)7-11(8-14)12(5-6-13)10(3)4/h7,9-10,12H,5H2,1-4H3/b11-7+. The first-order valence-electron chi connectivity index (χ1n) is 5.01. The van der Waals surface area contributed by atoms with Crippen molar-refractivity contribution in [2.24, 2.45) is 17.8 Å². The Hall–Kier alpha value is -1.28. The number of allylic oxidation sites excluding steroid dienone is 2. The van der Waals surface area contributed by atoms with Crippen molar-refractivity contribution in [3.8, 4) is 12.1 Å². The van der Waals surface area contributed by atoms with E-state index in [-0.39, 0.29) is 5.92 Å². The maximum Gasteiger partial charge on any atom is 0.0947 e. The van der Waals surface area contributed by atoms with Crippen LogP contribution in [0.1, 0.15) is 34.1 Å². The molecular weight excluding hydrogens is 172 g/mol. The zero-order valence-corrected chi connectivity index (χ0v) is 9.41. The fourth-order valence-corrected chi connectivity index (χ4v) is 1.41. The van der Waals surface area contributed by atoms with E-state index in [0.29, 0.717) is 18.3 Å². The number of nitriles is 2. The SMILES string of the molecule is CC(C)/C=C(\C#N)C(CC#N)C(C)C. The smallest absolute Gasteiger partial charge is 0.0947 e. The van der Waals surface area contributed by atoms with Crippen molar-refractivity contribution in [2.75, 3.05) is 0 Å². The van der Waals surface area contributed by atoms with Crippen molar-refractivity contribution in [3.63, 3.8) is 0 Å². The first kappa shape index (κ1) is 12.7. The van der Waals surface area contributed by atoms with Crippen LogP contribution in [-0.4, -0.2) is 0 Å². The van der Waals surface area contributed by atoms with E-state index in [4.69, 9.17) is 10.5 Å². The molecule has 0 heterocycles. The van der Waals surface area contributed by atoms with Crippen LogP contribution in [0.25, 0.3) is 0 Å². The summed E-state index contributed by atoms with van der Waals surface area (Å²) in [5, 5.41) is 17.7. The molecule has 0 aliphatic rings. The molecule has 0 aliphatic heterocycles. The summed E-state index contributed by atoms with van der Waals surface area (Å²) in [6.45, 7) is 8.18. The molecule has 0 aliphatic carbocycles. The fourth-order valence-electron chi connectivity index (χ4n) is 1.41. The van der Waals surface area contributed by atoms with Crippen LogP contribution in [0.15, 0.2) is 11.6 Å². The van der Waals surface area contributed by atoms with Gasteiger partial charge < -0.3 is 0 Å². The van der Waals surface area contributed by atoms with Crippen LogP contribution in [0.2, 0.25) is 0 Å². The average Bonchev–Trinajstić information content (AvgIpc) is 2.10. The number of nitrogens with zero attached hydrogens (tertiary/aromatic N) is 2. The molecule has 0 aromatic carbocycles. The molecule has 0 saturated carbocycles. The minimum Gasteiger partial charge on any atom is -0.198 e. The predicted molar refractivity (Wildman–Crippen MR) is 57.1 cm³/mol. The summed E-state index contributed by atoms with van der Waals surface area (Å²) in [7, 11) is 0. The van der Waals surface area contributed by atoms with E-state index in [2.05, 4.69) is 12.1 Å². The molecule has 0 aromatic rings. The lowest BCUT2D eigenvalue weighted by atomic mass is 9.85. The first-order valence-corrected chi connectivity index (χ1v) is 5.01. The second kappa shape index (κ2) is 6.22. The average molecular weight is 190 g/mol. The van der Waals surface area contributed by atoms with Gasteiger partial charge in [-0.3, -0.25) is 0 Å². The molecule has 1 atom stereocenters. The maximum atomic E-state index is 8.99. The topological polar surface area (TPSA) is 47.6 Å². The molecule has 0 radical (unpaired) electrons. The Morgan fingerprint density at radius 2 is 1.79 bits per heavy atom. The van der Waals surface area contributed by atoms with E-state index in [1.165, 1.54) is 0 Å². The Bertz CT molecular complexity index is 274. The summed E-state index contributed by atoms with van der Waals surface area (Å²) in [5.74, 6) is 0.802. The normalized spacial score (nSPS) is 13.9. The molecule has 0 saturated heterocycles. The van der Waals surface area contributed by atoms with Crippen molar-refractivity contribution < 1.29 is 0 Å². The molecular formula is C12H18N2. The van der Waals surface area contributed by atoms with Gasteiger partial charge in [-0.15, -0.1) is 0 Å². The predicted octanol–water partition coefficient (Wildman–Crippen LogP) is 3.28. The largest absolute Gasteiger partial charge is 0.198 e. The molecule has 0 N–H and O–H groups in total. The molecule has 0 spiro atoms. The van der Waals surface area contributed by atoms with E-state index >= 15 is 0 Å². The maximum absolute atomic E-state index is 8.99. The van der Waals surface area contributed by atoms with Gasteiger partial charge in [-0.05, 0) is 11.8 Å². The van der Waals surface area contributed by atoms with Crippen molar-refractivity contribution in [3.05, 3.63) is 11.6 Å². The molecule has 0 rings (SSSR count). The molecule has 0 aromatic heterocycles. The quantitative estimate of drug-likeness (QED) is 0.639. The highest BCUT2D eigenvalue weighted by atomic mass is 14.3. The Kier molecular flexibility index (Phi) is 5.65. The Morgan fingerprint density at radius 1 is 1.21 bits per heavy atom. The lowest BCUT2D eigenvalue weighted by Crippen LogP contribution is -2.11. The summed E-state index contributed by atoms with van der Waals surface area (Å²) in [6, 6.07) is 4.35. The summed E-state index contributed by atoms with van der Waals surface area (Å²) < 4.78 is 0. The van der Waals surface area contributed by atoms with Crippen molar-refractivity contribution in [1.29, 1.82) is 10.5 Å². The Morgan fingerprint density at radius 3 is 2.07 bits per heavy atom. The molecule has 76 valence electrons. The van der Waals surface area contributed by atoms with Gasteiger partial charge in [-0.1, -0.05) is 33.8 Å². The zero-order valence-electron chi connectivity index (χ0n) is 9.41. The van der Waals surface area contributed by atoms with E-state index in [9.17, 15) is 0 Å².